The van der Waals surface area contributed by atoms with Gasteiger partial charge in [0, 0.05) is 19.9 Å². The normalized spacial score (nSPS) is 10.8. The van der Waals surface area contributed by atoms with E-state index in [4.69, 9.17) is 9.47 Å². The molecule has 0 aliphatic carbocycles. The molecule has 6 heteroatoms. The highest BCUT2D eigenvalue weighted by Gasteiger charge is 2.14. The first-order valence-electron chi connectivity index (χ1n) is 6.76. The van der Waals surface area contributed by atoms with Crippen molar-refractivity contribution in [1.82, 2.24) is 4.57 Å². The third-order valence-corrected chi connectivity index (χ3v) is 3.86. The highest BCUT2D eigenvalue weighted by atomic mass is 79.9. The van der Waals surface area contributed by atoms with Gasteiger partial charge in [-0.15, -0.1) is 0 Å². The molecule has 0 N–H and O–H groups in total. The predicted molar refractivity (Wildman–Crippen MR) is 86.2 cm³/mol. The number of benzene rings is 1. The SMILES string of the molecule is COCCn1ccc(Br)c(Oc2c(C)cc(F)cc2C)c1=O. The second-order valence-electron chi connectivity index (χ2n) is 4.95. The van der Waals surface area contributed by atoms with Gasteiger partial charge in [0.2, 0.25) is 5.75 Å². The van der Waals surface area contributed by atoms with Crippen LogP contribution in [0.5, 0.6) is 11.5 Å². The molecule has 0 amide bonds. The number of nitrogens with zero attached hydrogens (tertiary/aromatic N) is 1. The molecule has 2 aromatic rings. The number of halogens is 2. The first kappa shape index (κ1) is 16.7. The average molecular weight is 370 g/mol. The summed E-state index contributed by atoms with van der Waals surface area (Å²) in [6.45, 7) is 4.34. The minimum absolute atomic E-state index is 0.177. The lowest BCUT2D eigenvalue weighted by molar-refractivity contribution is 0.186. The van der Waals surface area contributed by atoms with E-state index in [2.05, 4.69) is 15.9 Å². The Bertz CT molecular complexity index is 720. The van der Waals surface area contributed by atoms with E-state index in [1.807, 2.05) is 0 Å². The molecule has 0 spiro atoms. The van der Waals surface area contributed by atoms with E-state index >= 15 is 0 Å². The van der Waals surface area contributed by atoms with Crippen LogP contribution in [0.15, 0.2) is 33.7 Å². The maximum Gasteiger partial charge on any atom is 0.294 e. The van der Waals surface area contributed by atoms with Crippen LogP contribution in [0.1, 0.15) is 11.1 Å². The Morgan fingerprint density at radius 3 is 2.45 bits per heavy atom. The third-order valence-electron chi connectivity index (χ3n) is 3.24. The lowest BCUT2D eigenvalue weighted by Gasteiger charge is -2.14. The summed E-state index contributed by atoms with van der Waals surface area (Å²) in [6, 6.07) is 4.49. The first-order chi connectivity index (χ1) is 10.4. The molecule has 0 saturated carbocycles. The van der Waals surface area contributed by atoms with Crippen molar-refractivity contribution >= 4 is 15.9 Å². The quantitative estimate of drug-likeness (QED) is 0.804. The van der Waals surface area contributed by atoms with E-state index in [1.165, 1.54) is 16.7 Å². The second-order valence-corrected chi connectivity index (χ2v) is 5.81. The summed E-state index contributed by atoms with van der Waals surface area (Å²) >= 11 is 3.33. The van der Waals surface area contributed by atoms with Gasteiger partial charge in [-0.05, 0) is 59.1 Å². The molecule has 0 radical (unpaired) electrons. The van der Waals surface area contributed by atoms with Crippen LogP contribution in [-0.2, 0) is 11.3 Å². The van der Waals surface area contributed by atoms with Crippen molar-refractivity contribution in [2.24, 2.45) is 0 Å². The van der Waals surface area contributed by atoms with Gasteiger partial charge in [-0.1, -0.05) is 0 Å². The zero-order valence-electron chi connectivity index (χ0n) is 12.7. The first-order valence-corrected chi connectivity index (χ1v) is 7.56. The minimum atomic E-state index is -0.327. The fourth-order valence-corrected chi connectivity index (χ4v) is 2.52. The number of aromatic nitrogens is 1. The van der Waals surface area contributed by atoms with Gasteiger partial charge < -0.3 is 14.0 Å². The van der Waals surface area contributed by atoms with Crippen LogP contribution in [0.2, 0.25) is 0 Å². The molecule has 4 nitrogen and oxygen atoms in total. The van der Waals surface area contributed by atoms with Crippen LogP contribution in [0.4, 0.5) is 4.39 Å². The van der Waals surface area contributed by atoms with E-state index in [-0.39, 0.29) is 17.1 Å². The Morgan fingerprint density at radius 1 is 1.23 bits per heavy atom. The largest absolute Gasteiger partial charge is 0.450 e. The van der Waals surface area contributed by atoms with Gasteiger partial charge in [0.25, 0.3) is 5.56 Å². The highest BCUT2D eigenvalue weighted by molar-refractivity contribution is 9.10. The standard InChI is InChI=1S/C16H17BrFNO3/c1-10-8-12(18)9-11(2)14(10)22-15-13(17)4-5-19(16(15)20)6-7-21-3/h4-5,8-9H,6-7H2,1-3H3. The van der Waals surface area contributed by atoms with Gasteiger partial charge in [-0.3, -0.25) is 4.79 Å². The molecule has 118 valence electrons. The summed E-state index contributed by atoms with van der Waals surface area (Å²) in [5, 5.41) is 0. The Kier molecular flexibility index (Phi) is 5.37. The molecule has 0 fully saturated rings. The molecule has 0 atom stereocenters. The fraction of sp³-hybridized carbons (Fsp3) is 0.312. The van der Waals surface area contributed by atoms with E-state index in [0.717, 1.165) is 0 Å². The topological polar surface area (TPSA) is 40.5 Å². The molecule has 22 heavy (non-hydrogen) atoms. The number of hydrogen-bond acceptors (Lipinski definition) is 3. The molecule has 0 bridgehead atoms. The highest BCUT2D eigenvalue weighted by Crippen LogP contribution is 2.31. The van der Waals surface area contributed by atoms with Gasteiger partial charge in [0.05, 0.1) is 11.1 Å². The molecule has 1 aromatic carbocycles. The van der Waals surface area contributed by atoms with Crippen molar-refractivity contribution in [1.29, 1.82) is 0 Å². The zero-order valence-corrected chi connectivity index (χ0v) is 14.2. The lowest BCUT2D eigenvalue weighted by Crippen LogP contribution is -2.23. The van der Waals surface area contributed by atoms with Crippen LogP contribution in [0.25, 0.3) is 0 Å². The van der Waals surface area contributed by atoms with Crippen molar-refractivity contribution in [3.05, 3.63) is 56.2 Å². The Morgan fingerprint density at radius 2 is 1.86 bits per heavy atom. The lowest BCUT2D eigenvalue weighted by atomic mass is 10.1. The van der Waals surface area contributed by atoms with Crippen molar-refractivity contribution in [2.45, 2.75) is 20.4 Å². The summed E-state index contributed by atoms with van der Waals surface area (Å²) in [7, 11) is 1.58. The van der Waals surface area contributed by atoms with E-state index < -0.39 is 0 Å². The Labute approximate surface area is 136 Å². The van der Waals surface area contributed by atoms with Crippen molar-refractivity contribution in [3.63, 3.8) is 0 Å². The number of ether oxygens (including phenoxy) is 2. The monoisotopic (exact) mass is 369 g/mol. The summed E-state index contributed by atoms with van der Waals surface area (Å²) in [6.07, 6.45) is 1.67. The van der Waals surface area contributed by atoms with Gasteiger partial charge in [-0.25, -0.2) is 4.39 Å². The second kappa shape index (κ2) is 7.07. The van der Waals surface area contributed by atoms with Crippen molar-refractivity contribution < 1.29 is 13.9 Å². The Balaban J connectivity index is 2.44. The summed E-state index contributed by atoms with van der Waals surface area (Å²) in [4.78, 5) is 12.5. The smallest absolute Gasteiger partial charge is 0.294 e. The number of pyridine rings is 1. The van der Waals surface area contributed by atoms with Crippen LogP contribution >= 0.6 is 15.9 Å². The molecule has 2 rings (SSSR count). The maximum absolute atomic E-state index is 13.4. The maximum atomic E-state index is 13.4. The number of methoxy groups -OCH3 is 1. The van der Waals surface area contributed by atoms with E-state index in [0.29, 0.717) is 34.5 Å². The van der Waals surface area contributed by atoms with Gasteiger partial charge >= 0.3 is 0 Å². The molecule has 1 heterocycles. The van der Waals surface area contributed by atoms with Gasteiger partial charge in [-0.2, -0.15) is 0 Å². The van der Waals surface area contributed by atoms with E-state index in [9.17, 15) is 9.18 Å². The van der Waals surface area contributed by atoms with Crippen LogP contribution < -0.4 is 10.3 Å². The van der Waals surface area contributed by atoms with Crippen molar-refractivity contribution in [3.8, 4) is 11.5 Å². The predicted octanol–water partition coefficient (Wildman–Crippen LogP) is 3.81. The summed E-state index contributed by atoms with van der Waals surface area (Å²) < 4.78 is 26.2. The molecular weight excluding hydrogens is 353 g/mol. The molecule has 1 aromatic heterocycles. The number of hydrogen-bond donors (Lipinski definition) is 0. The summed E-state index contributed by atoms with van der Waals surface area (Å²) in [5.41, 5.74) is 1.00. The average Bonchev–Trinajstić information content (AvgIpc) is 2.44. The van der Waals surface area contributed by atoms with Crippen LogP contribution in [0.3, 0.4) is 0 Å². The van der Waals surface area contributed by atoms with Gasteiger partial charge in [0.1, 0.15) is 11.6 Å². The molecule has 0 saturated heterocycles. The molecular formula is C16H17BrFNO3. The van der Waals surface area contributed by atoms with Crippen molar-refractivity contribution in [2.75, 3.05) is 13.7 Å². The fourth-order valence-electron chi connectivity index (χ4n) is 2.15. The molecule has 0 aliphatic rings. The van der Waals surface area contributed by atoms with Crippen LogP contribution in [-0.4, -0.2) is 18.3 Å². The number of rotatable bonds is 5. The summed E-state index contributed by atoms with van der Waals surface area (Å²) in [5.74, 6) is 0.340. The van der Waals surface area contributed by atoms with E-state index in [1.54, 1.807) is 33.2 Å². The zero-order chi connectivity index (χ0) is 16.3. The number of aryl methyl sites for hydroxylation is 2. The third kappa shape index (κ3) is 3.56. The van der Waals surface area contributed by atoms with Gasteiger partial charge in [0.15, 0.2) is 0 Å². The molecule has 0 unspecified atom stereocenters. The molecule has 0 aliphatic heterocycles. The minimum Gasteiger partial charge on any atom is -0.450 e. The Hall–Kier alpha value is -1.66. The van der Waals surface area contributed by atoms with Crippen LogP contribution in [0, 0.1) is 19.7 Å².